The Bertz CT molecular complexity index is 2100. The van der Waals surface area contributed by atoms with E-state index >= 15 is 4.39 Å². The highest BCUT2D eigenvalue weighted by Gasteiger charge is 2.48. The van der Waals surface area contributed by atoms with Gasteiger partial charge >= 0.3 is 11.9 Å². The molecule has 4 atom stereocenters. The van der Waals surface area contributed by atoms with Crippen molar-refractivity contribution in [1.82, 2.24) is 25.2 Å². The topological polar surface area (TPSA) is 114 Å². The molecule has 4 aliphatic heterocycles. The molecule has 2 bridgehead atoms. The van der Waals surface area contributed by atoms with E-state index < -0.39 is 53.5 Å². The number of rotatable bonds is 3. The van der Waals surface area contributed by atoms with Gasteiger partial charge in [0.2, 0.25) is 5.78 Å². The first-order valence-corrected chi connectivity index (χ1v) is 17.1. The van der Waals surface area contributed by atoms with Gasteiger partial charge in [0.05, 0.1) is 21.6 Å². The molecule has 2 aromatic heterocycles. The molecule has 2 aromatic carbocycles. The Kier molecular flexibility index (Phi) is 8.98. The Hall–Kier alpha value is -3.95. The van der Waals surface area contributed by atoms with Crippen molar-refractivity contribution in [2.45, 2.75) is 75.9 Å². The van der Waals surface area contributed by atoms with Gasteiger partial charge in [-0.05, 0) is 76.1 Å². The number of aromatic amines is 1. The molecule has 272 valence electrons. The summed E-state index contributed by atoms with van der Waals surface area (Å²) >= 11 is 6.23. The standard InChI is InChI=1S/C27H21ClF5N5O3.C8H14FN/c1-10-18-23(21(30)22(34-10)16-7-15(39)6-11-2-3-17(29)20(28)19(11)16)36-26(41)37-25(18)38-8-13-4-12(5-14(9-38)35-13)24(40)27(31,32)33;1-8-3-2-4-10(8)6-7(9)5-8/h2-3,6-7,12-14,35,39H,4-5,8-9H2,1H3,(H,36,37,41);7H,2-6H2,1H3/t;7?,8-/m.0/s1. The first-order valence-electron chi connectivity index (χ1n) is 16.7. The van der Waals surface area contributed by atoms with Crippen LogP contribution in [0.1, 0.15) is 44.7 Å². The number of aryl methyl sites for hydroxylation is 1. The Labute approximate surface area is 293 Å². The number of anilines is 1. The van der Waals surface area contributed by atoms with Crippen LogP contribution in [0.5, 0.6) is 5.75 Å². The minimum Gasteiger partial charge on any atom is -0.508 e. The zero-order chi connectivity index (χ0) is 36.6. The number of Topliss-reactive ketones (excluding diaryl/α,β-unsaturated/α-hetero) is 1. The average Bonchev–Trinajstić information content (AvgIpc) is 3.55. The normalized spacial score (nSPS) is 26.3. The molecule has 0 amide bonds. The molecule has 16 heteroatoms. The van der Waals surface area contributed by atoms with Crippen LogP contribution in [-0.2, 0) is 4.79 Å². The number of alkyl halides is 4. The number of nitrogens with one attached hydrogen (secondary N) is 2. The number of pyridine rings is 1. The maximum Gasteiger partial charge on any atom is 0.450 e. The fraction of sp³-hybridized carbons (Fsp3) is 0.486. The summed E-state index contributed by atoms with van der Waals surface area (Å²) in [4.78, 5) is 39.4. The summed E-state index contributed by atoms with van der Waals surface area (Å²) in [6.07, 6.45) is -2.34. The van der Waals surface area contributed by atoms with Crippen molar-refractivity contribution in [1.29, 1.82) is 0 Å². The Morgan fingerprint density at radius 3 is 2.45 bits per heavy atom. The second-order valence-corrected chi connectivity index (χ2v) is 14.6. The van der Waals surface area contributed by atoms with Crippen molar-refractivity contribution in [3.8, 4) is 17.0 Å². The van der Waals surface area contributed by atoms with E-state index in [1.165, 1.54) is 31.0 Å². The van der Waals surface area contributed by atoms with E-state index in [9.17, 15) is 36.6 Å². The minimum absolute atomic E-state index is 0.00305. The minimum atomic E-state index is -4.92. The average molecular weight is 737 g/mol. The van der Waals surface area contributed by atoms with Crippen LogP contribution in [0, 0.1) is 24.5 Å². The maximum absolute atomic E-state index is 16.2. The monoisotopic (exact) mass is 736 g/mol. The number of fused-ring (bicyclic) bond motifs is 5. The van der Waals surface area contributed by atoms with Crippen molar-refractivity contribution in [3.63, 3.8) is 0 Å². The highest BCUT2D eigenvalue weighted by molar-refractivity contribution is 6.37. The molecule has 6 heterocycles. The molecule has 0 spiro atoms. The van der Waals surface area contributed by atoms with E-state index in [1.54, 1.807) is 11.8 Å². The van der Waals surface area contributed by atoms with Crippen LogP contribution in [0.4, 0.5) is 32.2 Å². The summed E-state index contributed by atoms with van der Waals surface area (Å²) in [6.45, 7) is 5.81. The van der Waals surface area contributed by atoms with Gasteiger partial charge in [0.25, 0.3) is 0 Å². The second-order valence-electron chi connectivity index (χ2n) is 14.3. The fourth-order valence-corrected chi connectivity index (χ4v) is 8.74. The van der Waals surface area contributed by atoms with Crippen LogP contribution < -0.4 is 15.9 Å². The highest BCUT2D eigenvalue weighted by Crippen LogP contribution is 2.42. The number of nitrogens with zero attached hydrogens (tertiary/aromatic N) is 4. The fourth-order valence-electron chi connectivity index (χ4n) is 8.47. The Morgan fingerprint density at radius 2 is 1.78 bits per heavy atom. The third-order valence-electron chi connectivity index (χ3n) is 10.7. The molecule has 0 saturated carbocycles. The van der Waals surface area contributed by atoms with Gasteiger partial charge in [-0.2, -0.15) is 18.2 Å². The molecule has 4 aromatic rings. The number of ketones is 1. The number of aromatic hydroxyl groups is 1. The number of carbonyl (C=O) groups is 1. The van der Waals surface area contributed by atoms with Crippen LogP contribution in [0.15, 0.2) is 29.1 Å². The van der Waals surface area contributed by atoms with Gasteiger partial charge in [0, 0.05) is 54.1 Å². The van der Waals surface area contributed by atoms with E-state index in [-0.39, 0.29) is 81.3 Å². The van der Waals surface area contributed by atoms with E-state index in [2.05, 4.69) is 32.1 Å². The lowest BCUT2D eigenvalue weighted by Crippen LogP contribution is -2.62. The van der Waals surface area contributed by atoms with Crippen LogP contribution in [0.3, 0.4) is 0 Å². The molecule has 4 fully saturated rings. The second kappa shape index (κ2) is 12.9. The van der Waals surface area contributed by atoms with Crippen LogP contribution >= 0.6 is 11.6 Å². The number of aromatic nitrogens is 3. The molecule has 3 unspecified atom stereocenters. The summed E-state index contributed by atoms with van der Waals surface area (Å²) in [7, 11) is 0. The lowest BCUT2D eigenvalue weighted by atomic mass is 9.82. The van der Waals surface area contributed by atoms with Crippen molar-refractivity contribution in [2.24, 2.45) is 5.92 Å². The smallest absolute Gasteiger partial charge is 0.450 e. The molecule has 9 nitrogen and oxygen atoms in total. The number of carbonyl (C=O) groups excluding carboxylic acids is 1. The van der Waals surface area contributed by atoms with Crippen LogP contribution in [0.25, 0.3) is 32.9 Å². The predicted molar refractivity (Wildman–Crippen MR) is 180 cm³/mol. The first-order chi connectivity index (χ1) is 24.0. The largest absolute Gasteiger partial charge is 0.508 e. The number of piperazine rings is 1. The lowest BCUT2D eigenvalue weighted by molar-refractivity contribution is -0.177. The number of hydrogen-bond donors (Lipinski definition) is 3. The van der Waals surface area contributed by atoms with E-state index in [4.69, 9.17) is 11.6 Å². The summed E-state index contributed by atoms with van der Waals surface area (Å²) in [5.74, 6) is -4.79. The van der Waals surface area contributed by atoms with Gasteiger partial charge in [0.1, 0.15) is 29.3 Å². The van der Waals surface area contributed by atoms with Gasteiger partial charge in [-0.25, -0.2) is 22.9 Å². The van der Waals surface area contributed by atoms with Crippen LogP contribution in [0.2, 0.25) is 5.02 Å². The molecule has 8 rings (SSSR count). The number of piperidine rings is 1. The quantitative estimate of drug-likeness (QED) is 0.209. The Morgan fingerprint density at radius 1 is 1.08 bits per heavy atom. The van der Waals surface area contributed by atoms with Crippen molar-refractivity contribution in [2.75, 3.05) is 31.1 Å². The predicted octanol–water partition coefficient (Wildman–Crippen LogP) is 6.35. The summed E-state index contributed by atoms with van der Waals surface area (Å²) in [5.41, 5.74) is -0.917. The molecule has 51 heavy (non-hydrogen) atoms. The highest BCUT2D eigenvalue weighted by atomic mass is 35.5. The van der Waals surface area contributed by atoms with Crippen molar-refractivity contribution < 1.29 is 36.2 Å². The number of benzene rings is 2. The number of phenols is 1. The third-order valence-corrected chi connectivity index (χ3v) is 11.0. The van der Waals surface area contributed by atoms with Gasteiger partial charge in [-0.1, -0.05) is 17.7 Å². The SMILES string of the molecule is C[C@@]12CCCN1CC(F)C2.Cc1nc(-c2cc(O)cc3ccc(F)c(Cl)c23)c(F)c2[nH]c(=O)nc(N3CC4CC(C(=O)C(F)(F)F)CC(C3)N4)c12. The summed E-state index contributed by atoms with van der Waals surface area (Å²) in [6, 6.07) is 4.03. The van der Waals surface area contributed by atoms with Crippen LogP contribution in [-0.4, -0.2) is 86.9 Å². The Balaban J connectivity index is 0.000000347. The molecular weight excluding hydrogens is 702 g/mol. The van der Waals surface area contributed by atoms with Gasteiger partial charge in [0.15, 0.2) is 5.82 Å². The van der Waals surface area contributed by atoms with Gasteiger partial charge in [-0.3, -0.25) is 9.69 Å². The van der Waals surface area contributed by atoms with E-state index in [0.717, 1.165) is 19.0 Å². The molecule has 3 N–H and O–H groups in total. The summed E-state index contributed by atoms with van der Waals surface area (Å²) < 4.78 is 82.5. The third kappa shape index (κ3) is 6.52. The van der Waals surface area contributed by atoms with Gasteiger partial charge in [-0.15, -0.1) is 0 Å². The zero-order valence-corrected chi connectivity index (χ0v) is 28.4. The number of hydrogen-bond acceptors (Lipinski definition) is 8. The van der Waals surface area contributed by atoms with E-state index in [0.29, 0.717) is 11.9 Å². The molecule has 4 saturated heterocycles. The zero-order valence-electron chi connectivity index (χ0n) is 27.7. The van der Waals surface area contributed by atoms with E-state index in [1.807, 2.05) is 0 Å². The first kappa shape index (κ1) is 35.5. The number of halogens is 7. The molecular formula is C35H35ClF6N6O3. The number of H-pyrrole nitrogens is 1. The van der Waals surface area contributed by atoms with Crippen molar-refractivity contribution >= 4 is 44.9 Å². The lowest BCUT2D eigenvalue weighted by Gasteiger charge is -2.45. The maximum atomic E-state index is 16.2. The van der Waals surface area contributed by atoms with Crippen molar-refractivity contribution in [3.05, 3.63) is 57.1 Å². The van der Waals surface area contributed by atoms with Gasteiger partial charge < -0.3 is 20.3 Å². The number of phenolic OH excluding ortho intramolecular Hbond substituents is 1. The molecule has 0 radical (unpaired) electrons. The summed E-state index contributed by atoms with van der Waals surface area (Å²) in [5, 5.41) is 13.8. The molecule has 4 aliphatic rings. The molecule has 0 aliphatic carbocycles.